The standard InChI is InChI=1S/C25H43F3P2/c1-21(2,3)29(22(4,5)6)16-18-14-13-15-19(20(18)25(26,27)28)17-30(23(7,8)9)24(10,11)12/h13-15H,16-17H2,1-12H3. The molecular formula is C25H43F3P2. The molecule has 1 aromatic carbocycles. The van der Waals surface area contributed by atoms with Crippen LogP contribution in [-0.4, -0.2) is 20.6 Å². The zero-order valence-electron chi connectivity index (χ0n) is 21.2. The van der Waals surface area contributed by atoms with E-state index < -0.39 is 22.0 Å². The van der Waals surface area contributed by atoms with Crippen LogP contribution in [0.15, 0.2) is 18.2 Å². The number of hydrogen-bond donors (Lipinski definition) is 0. The summed E-state index contributed by atoms with van der Waals surface area (Å²) in [7, 11) is -1.31. The Balaban J connectivity index is 3.60. The maximum Gasteiger partial charge on any atom is 0.416 e. The molecule has 0 bridgehead atoms. The van der Waals surface area contributed by atoms with E-state index in [1.165, 1.54) is 0 Å². The van der Waals surface area contributed by atoms with E-state index in [-0.39, 0.29) is 26.2 Å². The molecule has 174 valence electrons. The second-order valence-electron chi connectivity index (χ2n) is 12.3. The number of halogens is 3. The summed E-state index contributed by atoms with van der Waals surface area (Å²) in [4.78, 5) is 0. The normalized spacial score (nSPS) is 14.7. The Bertz CT molecular complexity index is 628. The van der Waals surface area contributed by atoms with Crippen molar-refractivity contribution in [2.24, 2.45) is 0 Å². The SMILES string of the molecule is CC(C)(C)P(Cc1cccc(CP(C(C)(C)C)C(C)(C)C)c1C(F)(F)F)C(C)(C)C. The molecule has 0 fully saturated rings. The van der Waals surface area contributed by atoms with Gasteiger partial charge < -0.3 is 0 Å². The minimum Gasteiger partial charge on any atom is -0.166 e. The van der Waals surface area contributed by atoms with Crippen molar-refractivity contribution < 1.29 is 13.2 Å². The van der Waals surface area contributed by atoms with Crippen molar-refractivity contribution in [3.05, 3.63) is 34.9 Å². The van der Waals surface area contributed by atoms with Crippen LogP contribution in [0.25, 0.3) is 0 Å². The van der Waals surface area contributed by atoms with Crippen LogP contribution in [0.3, 0.4) is 0 Å². The molecule has 0 saturated heterocycles. The van der Waals surface area contributed by atoms with Gasteiger partial charge in [0.1, 0.15) is 0 Å². The van der Waals surface area contributed by atoms with Crippen molar-refractivity contribution >= 4 is 15.8 Å². The second kappa shape index (κ2) is 9.02. The molecular weight excluding hydrogens is 419 g/mol. The maximum absolute atomic E-state index is 14.4. The third kappa shape index (κ3) is 7.48. The third-order valence-corrected chi connectivity index (χ3v) is 13.2. The largest absolute Gasteiger partial charge is 0.416 e. The molecule has 0 aliphatic rings. The summed E-state index contributed by atoms with van der Waals surface area (Å²) in [6.45, 7) is 26.0. The Hall–Kier alpha value is -0.130. The van der Waals surface area contributed by atoms with Crippen LogP contribution in [-0.2, 0) is 18.5 Å². The highest BCUT2D eigenvalue weighted by Gasteiger charge is 2.42. The topological polar surface area (TPSA) is 0 Å². The molecule has 0 aliphatic heterocycles. The van der Waals surface area contributed by atoms with Gasteiger partial charge in [-0.3, -0.25) is 0 Å². The van der Waals surface area contributed by atoms with E-state index in [0.717, 1.165) is 0 Å². The lowest BCUT2D eigenvalue weighted by molar-refractivity contribution is -0.138. The van der Waals surface area contributed by atoms with Crippen molar-refractivity contribution in [1.29, 1.82) is 0 Å². The summed E-state index contributed by atoms with van der Waals surface area (Å²) in [6, 6.07) is 5.28. The first kappa shape index (κ1) is 27.9. The van der Waals surface area contributed by atoms with E-state index in [9.17, 15) is 13.2 Å². The zero-order chi connectivity index (χ0) is 23.9. The molecule has 0 spiro atoms. The number of hydrogen-bond acceptors (Lipinski definition) is 0. The van der Waals surface area contributed by atoms with Crippen LogP contribution in [0.5, 0.6) is 0 Å². The summed E-state index contributed by atoms with van der Waals surface area (Å²) in [6.07, 6.45) is -3.32. The van der Waals surface area contributed by atoms with Gasteiger partial charge in [-0.15, -0.1) is 0 Å². The van der Waals surface area contributed by atoms with Crippen molar-refractivity contribution in [1.82, 2.24) is 0 Å². The van der Waals surface area contributed by atoms with Gasteiger partial charge in [0, 0.05) is 0 Å². The summed E-state index contributed by atoms with van der Waals surface area (Å²) in [5.41, 5.74) is 0.592. The Kier molecular flexibility index (Phi) is 8.39. The smallest absolute Gasteiger partial charge is 0.166 e. The first-order chi connectivity index (χ1) is 13.1. The fourth-order valence-corrected chi connectivity index (χ4v) is 11.7. The predicted molar refractivity (Wildman–Crippen MR) is 132 cm³/mol. The minimum absolute atomic E-state index is 0.0180. The van der Waals surface area contributed by atoms with Crippen molar-refractivity contribution in [3.8, 4) is 0 Å². The van der Waals surface area contributed by atoms with Gasteiger partial charge in [0.05, 0.1) is 5.56 Å². The molecule has 0 unspecified atom stereocenters. The first-order valence-corrected chi connectivity index (χ1v) is 13.8. The highest BCUT2D eigenvalue weighted by molar-refractivity contribution is 7.60. The molecule has 1 rings (SSSR count). The Morgan fingerprint density at radius 1 is 0.567 bits per heavy atom. The fraction of sp³-hybridized carbons (Fsp3) is 0.760. The third-order valence-electron chi connectivity index (χ3n) is 5.42. The maximum atomic E-state index is 14.4. The quantitative estimate of drug-likeness (QED) is 0.391. The molecule has 0 N–H and O–H groups in total. The average Bonchev–Trinajstić information content (AvgIpc) is 2.44. The summed E-state index contributed by atoms with van der Waals surface area (Å²) in [5, 5.41) is -0.0718. The van der Waals surface area contributed by atoms with Gasteiger partial charge in [-0.25, -0.2) is 0 Å². The second-order valence-corrected chi connectivity index (χ2v) is 20.0. The molecule has 0 aliphatic carbocycles. The van der Waals surface area contributed by atoms with Gasteiger partial charge in [0.15, 0.2) is 0 Å². The molecule has 30 heavy (non-hydrogen) atoms. The lowest BCUT2D eigenvalue weighted by Gasteiger charge is -2.43. The molecule has 0 atom stereocenters. The molecule has 0 nitrogen and oxygen atoms in total. The van der Waals surface area contributed by atoms with E-state index in [4.69, 9.17) is 0 Å². The lowest BCUT2D eigenvalue weighted by atomic mass is 10.0. The van der Waals surface area contributed by atoms with E-state index >= 15 is 0 Å². The Labute approximate surface area is 186 Å². The van der Waals surface area contributed by atoms with Crippen LogP contribution in [0.4, 0.5) is 13.2 Å². The monoisotopic (exact) mass is 462 g/mol. The molecule has 1 aromatic rings. The molecule has 0 aromatic heterocycles. The van der Waals surface area contributed by atoms with Gasteiger partial charge in [-0.05, 0) is 44.1 Å². The zero-order valence-corrected chi connectivity index (χ0v) is 23.0. The summed E-state index contributed by atoms with van der Waals surface area (Å²) < 4.78 is 43.2. The highest BCUT2D eigenvalue weighted by atomic mass is 31.1. The van der Waals surface area contributed by atoms with Gasteiger partial charge in [-0.1, -0.05) is 117 Å². The van der Waals surface area contributed by atoms with E-state index in [1.807, 2.05) is 6.07 Å². The number of rotatable bonds is 4. The number of alkyl halides is 3. The summed E-state index contributed by atoms with van der Waals surface area (Å²) >= 11 is 0. The molecule has 0 saturated carbocycles. The van der Waals surface area contributed by atoms with Crippen LogP contribution >= 0.6 is 15.8 Å². The van der Waals surface area contributed by atoms with Crippen LogP contribution in [0, 0.1) is 0 Å². The molecule has 0 amide bonds. The summed E-state index contributed by atoms with van der Waals surface area (Å²) in [5.74, 6) is 0. The lowest BCUT2D eigenvalue weighted by Crippen LogP contribution is -2.28. The molecule has 0 heterocycles. The van der Waals surface area contributed by atoms with Gasteiger partial charge in [0.2, 0.25) is 0 Å². The molecule has 0 radical (unpaired) electrons. The molecule has 5 heteroatoms. The van der Waals surface area contributed by atoms with Crippen molar-refractivity contribution in [3.63, 3.8) is 0 Å². The van der Waals surface area contributed by atoms with Gasteiger partial charge in [0.25, 0.3) is 0 Å². The van der Waals surface area contributed by atoms with E-state index in [1.54, 1.807) is 12.1 Å². The van der Waals surface area contributed by atoms with Crippen molar-refractivity contribution in [2.75, 3.05) is 0 Å². The van der Waals surface area contributed by atoms with Crippen LogP contribution < -0.4 is 0 Å². The fourth-order valence-electron chi connectivity index (χ4n) is 4.58. The van der Waals surface area contributed by atoms with Gasteiger partial charge in [-0.2, -0.15) is 13.2 Å². The van der Waals surface area contributed by atoms with Crippen LogP contribution in [0.1, 0.15) is 99.8 Å². The van der Waals surface area contributed by atoms with Crippen molar-refractivity contribution in [2.45, 2.75) is 122 Å². The predicted octanol–water partition coefficient (Wildman–Crippen LogP) is 9.86. The minimum atomic E-state index is -4.33. The number of benzene rings is 1. The highest BCUT2D eigenvalue weighted by Crippen LogP contribution is 2.64. The van der Waals surface area contributed by atoms with Crippen LogP contribution in [0.2, 0.25) is 0 Å². The average molecular weight is 463 g/mol. The Morgan fingerprint density at radius 2 is 0.833 bits per heavy atom. The Morgan fingerprint density at radius 3 is 1.03 bits per heavy atom. The van der Waals surface area contributed by atoms with E-state index in [2.05, 4.69) is 83.1 Å². The first-order valence-electron chi connectivity index (χ1n) is 10.8. The van der Waals surface area contributed by atoms with E-state index in [0.29, 0.717) is 23.5 Å². The van der Waals surface area contributed by atoms with Gasteiger partial charge >= 0.3 is 6.18 Å².